The van der Waals surface area contributed by atoms with E-state index in [1.807, 2.05) is 24.1 Å². The number of Topliss-reactive ketones (excluding diaryl/α,β-unsaturated/α-hetero) is 1. The number of hydrogen-bond donors (Lipinski definition) is 0. The molecule has 0 aliphatic heterocycles. The van der Waals surface area contributed by atoms with Crippen LogP contribution < -0.4 is 4.90 Å². The predicted molar refractivity (Wildman–Crippen MR) is 77.5 cm³/mol. The van der Waals surface area contributed by atoms with E-state index in [4.69, 9.17) is 5.26 Å². The van der Waals surface area contributed by atoms with Gasteiger partial charge >= 0.3 is 0 Å². The number of hydrogen-bond acceptors (Lipinski definition) is 4. The first-order chi connectivity index (χ1) is 9.61. The van der Waals surface area contributed by atoms with Gasteiger partial charge in [-0.1, -0.05) is 6.07 Å². The topological polar surface area (TPSA) is 57.0 Å². The van der Waals surface area contributed by atoms with Crippen molar-refractivity contribution < 1.29 is 4.79 Å². The zero-order valence-electron chi connectivity index (χ0n) is 11.5. The maximum Gasteiger partial charge on any atom is 0.161 e. The average Bonchev–Trinajstić information content (AvgIpc) is 2.47. The number of benzene rings is 1. The fraction of sp³-hybridized carbons (Fsp3) is 0.188. The molecule has 0 radical (unpaired) electrons. The van der Waals surface area contributed by atoms with Crippen LogP contribution in [0.15, 0.2) is 42.7 Å². The minimum atomic E-state index is -0.0115. The third kappa shape index (κ3) is 3.01. The minimum Gasteiger partial charge on any atom is -0.370 e. The standard InChI is InChI=1S/C16H15N3O/c1-12(20)15-6-5-13(9-17)8-16(15)19(2)11-14-4-3-7-18-10-14/h3-8,10H,11H2,1-2H3. The third-order valence-corrected chi connectivity index (χ3v) is 3.06. The molecule has 0 saturated carbocycles. The van der Waals surface area contributed by atoms with Gasteiger partial charge in [0, 0.05) is 37.2 Å². The number of nitriles is 1. The molecule has 20 heavy (non-hydrogen) atoms. The maximum atomic E-state index is 11.7. The van der Waals surface area contributed by atoms with E-state index in [9.17, 15) is 4.79 Å². The molecule has 0 spiro atoms. The Bertz CT molecular complexity index is 659. The first-order valence-corrected chi connectivity index (χ1v) is 6.27. The van der Waals surface area contributed by atoms with E-state index in [1.54, 1.807) is 30.6 Å². The van der Waals surface area contributed by atoms with Crippen LogP contribution in [0.3, 0.4) is 0 Å². The lowest BCUT2D eigenvalue weighted by Gasteiger charge is -2.22. The monoisotopic (exact) mass is 265 g/mol. The molecule has 100 valence electrons. The fourth-order valence-electron chi connectivity index (χ4n) is 2.07. The first-order valence-electron chi connectivity index (χ1n) is 6.27. The van der Waals surface area contributed by atoms with E-state index in [1.165, 1.54) is 6.92 Å². The van der Waals surface area contributed by atoms with Crippen molar-refractivity contribution in [1.29, 1.82) is 5.26 Å². The Kier molecular flexibility index (Phi) is 4.11. The Morgan fingerprint density at radius 3 is 2.80 bits per heavy atom. The smallest absolute Gasteiger partial charge is 0.161 e. The highest BCUT2D eigenvalue weighted by atomic mass is 16.1. The van der Waals surface area contributed by atoms with Crippen molar-refractivity contribution in [3.8, 4) is 6.07 Å². The van der Waals surface area contributed by atoms with Gasteiger partial charge in [-0.05, 0) is 36.8 Å². The molecule has 1 aromatic heterocycles. The van der Waals surface area contributed by atoms with Crippen LogP contribution in [0.5, 0.6) is 0 Å². The SMILES string of the molecule is CC(=O)c1ccc(C#N)cc1N(C)Cc1cccnc1. The number of ketones is 1. The first kappa shape index (κ1) is 13.8. The van der Waals surface area contributed by atoms with E-state index < -0.39 is 0 Å². The second kappa shape index (κ2) is 5.98. The molecule has 0 fully saturated rings. The Morgan fingerprint density at radius 2 is 2.20 bits per heavy atom. The molecular weight excluding hydrogens is 250 g/mol. The summed E-state index contributed by atoms with van der Waals surface area (Å²) in [4.78, 5) is 17.7. The van der Waals surface area contributed by atoms with Gasteiger partial charge in [-0.25, -0.2) is 0 Å². The van der Waals surface area contributed by atoms with Crippen LogP contribution in [0.4, 0.5) is 5.69 Å². The van der Waals surface area contributed by atoms with Crippen molar-refractivity contribution >= 4 is 11.5 Å². The quantitative estimate of drug-likeness (QED) is 0.798. The molecule has 0 N–H and O–H groups in total. The van der Waals surface area contributed by atoms with Crippen molar-refractivity contribution in [1.82, 2.24) is 4.98 Å². The summed E-state index contributed by atoms with van der Waals surface area (Å²) in [6.45, 7) is 2.16. The highest BCUT2D eigenvalue weighted by molar-refractivity contribution is 5.99. The molecule has 0 bridgehead atoms. The number of aromatic nitrogens is 1. The molecule has 1 heterocycles. The summed E-state index contributed by atoms with van der Waals surface area (Å²) in [6, 6.07) is 11.1. The molecule has 0 aliphatic rings. The lowest BCUT2D eigenvalue weighted by molar-refractivity contribution is 0.101. The maximum absolute atomic E-state index is 11.7. The summed E-state index contributed by atoms with van der Waals surface area (Å²) in [5, 5.41) is 9.00. The van der Waals surface area contributed by atoms with Crippen molar-refractivity contribution in [3.63, 3.8) is 0 Å². The Balaban J connectivity index is 2.35. The fourth-order valence-corrected chi connectivity index (χ4v) is 2.07. The second-order valence-corrected chi connectivity index (χ2v) is 4.62. The van der Waals surface area contributed by atoms with Gasteiger partial charge in [-0.2, -0.15) is 5.26 Å². The third-order valence-electron chi connectivity index (χ3n) is 3.06. The van der Waals surface area contributed by atoms with Gasteiger partial charge in [0.2, 0.25) is 0 Å². The van der Waals surface area contributed by atoms with Crippen LogP contribution in [0, 0.1) is 11.3 Å². The van der Waals surface area contributed by atoms with Crippen LogP contribution in [-0.2, 0) is 6.54 Å². The molecule has 0 amide bonds. The largest absolute Gasteiger partial charge is 0.370 e. The molecule has 2 aromatic rings. The normalized spacial score (nSPS) is 9.85. The summed E-state index contributed by atoms with van der Waals surface area (Å²) in [7, 11) is 1.90. The molecule has 0 aliphatic carbocycles. The van der Waals surface area contributed by atoms with Gasteiger partial charge in [0.15, 0.2) is 5.78 Å². The molecule has 0 unspecified atom stereocenters. The van der Waals surface area contributed by atoms with E-state index in [0.717, 1.165) is 11.3 Å². The Hall–Kier alpha value is -2.67. The number of carbonyl (C=O) groups excluding carboxylic acids is 1. The van der Waals surface area contributed by atoms with Crippen LogP contribution >= 0.6 is 0 Å². The van der Waals surface area contributed by atoms with Crippen molar-refractivity contribution in [3.05, 3.63) is 59.4 Å². The summed E-state index contributed by atoms with van der Waals surface area (Å²) >= 11 is 0. The van der Waals surface area contributed by atoms with Gasteiger partial charge in [0.1, 0.15) is 0 Å². The van der Waals surface area contributed by atoms with Crippen LogP contribution in [0.25, 0.3) is 0 Å². The molecule has 1 aromatic carbocycles. The van der Waals surface area contributed by atoms with Gasteiger partial charge in [-0.15, -0.1) is 0 Å². The molecule has 0 atom stereocenters. The Labute approximate surface area is 118 Å². The van der Waals surface area contributed by atoms with Crippen molar-refractivity contribution in [2.45, 2.75) is 13.5 Å². The number of carbonyl (C=O) groups is 1. The number of nitrogens with zero attached hydrogens (tertiary/aromatic N) is 3. The minimum absolute atomic E-state index is 0.0115. The highest BCUT2D eigenvalue weighted by Crippen LogP contribution is 2.23. The summed E-state index contributed by atoms with van der Waals surface area (Å²) in [5.74, 6) is -0.0115. The van der Waals surface area contributed by atoms with Crippen LogP contribution in [-0.4, -0.2) is 17.8 Å². The van der Waals surface area contributed by atoms with Crippen molar-refractivity contribution in [2.24, 2.45) is 0 Å². The molecule has 4 heteroatoms. The lowest BCUT2D eigenvalue weighted by atomic mass is 10.1. The van der Waals surface area contributed by atoms with Crippen molar-refractivity contribution in [2.75, 3.05) is 11.9 Å². The molecule has 4 nitrogen and oxygen atoms in total. The lowest BCUT2D eigenvalue weighted by Crippen LogP contribution is -2.19. The van der Waals surface area contributed by atoms with Crippen LogP contribution in [0.2, 0.25) is 0 Å². The van der Waals surface area contributed by atoms with Gasteiger partial charge in [-0.3, -0.25) is 9.78 Å². The van der Waals surface area contributed by atoms with E-state index in [-0.39, 0.29) is 5.78 Å². The van der Waals surface area contributed by atoms with Gasteiger partial charge in [0.05, 0.1) is 11.6 Å². The van der Waals surface area contributed by atoms with E-state index in [2.05, 4.69) is 11.1 Å². The molecule has 0 saturated heterocycles. The number of rotatable bonds is 4. The van der Waals surface area contributed by atoms with Gasteiger partial charge < -0.3 is 4.90 Å². The second-order valence-electron chi connectivity index (χ2n) is 4.62. The predicted octanol–water partition coefficient (Wildman–Crippen LogP) is 2.79. The Morgan fingerprint density at radius 1 is 1.40 bits per heavy atom. The zero-order chi connectivity index (χ0) is 14.5. The molecule has 2 rings (SSSR count). The molecular formula is C16H15N3O. The highest BCUT2D eigenvalue weighted by Gasteiger charge is 2.12. The number of anilines is 1. The number of pyridine rings is 1. The zero-order valence-corrected chi connectivity index (χ0v) is 11.5. The van der Waals surface area contributed by atoms with E-state index >= 15 is 0 Å². The van der Waals surface area contributed by atoms with Crippen LogP contribution in [0.1, 0.15) is 28.4 Å². The summed E-state index contributed by atoms with van der Waals surface area (Å²) in [5.41, 5.74) is 2.98. The van der Waals surface area contributed by atoms with E-state index in [0.29, 0.717) is 17.7 Å². The average molecular weight is 265 g/mol. The van der Waals surface area contributed by atoms with Gasteiger partial charge in [0.25, 0.3) is 0 Å². The summed E-state index contributed by atoms with van der Waals surface area (Å²) < 4.78 is 0. The summed E-state index contributed by atoms with van der Waals surface area (Å²) in [6.07, 6.45) is 3.51.